The lowest BCUT2D eigenvalue weighted by atomic mass is 10.0. The first-order valence-electron chi connectivity index (χ1n) is 15.4. The highest BCUT2D eigenvalue weighted by atomic mass is 32.1. The summed E-state index contributed by atoms with van der Waals surface area (Å²) in [7, 11) is 3.81. The number of methoxy groups -OCH3 is 2. The van der Waals surface area contributed by atoms with E-state index in [1.54, 1.807) is 26.8 Å². The number of hydrogen-bond acceptors (Lipinski definition) is 11. The van der Waals surface area contributed by atoms with E-state index in [0.29, 0.717) is 27.3 Å². The van der Waals surface area contributed by atoms with Crippen LogP contribution in [-0.4, -0.2) is 81.4 Å². The number of pyridine rings is 1. The van der Waals surface area contributed by atoms with Crippen molar-refractivity contribution in [3.63, 3.8) is 0 Å². The molecule has 14 heteroatoms. The van der Waals surface area contributed by atoms with Gasteiger partial charge in [0.25, 0.3) is 0 Å². The summed E-state index contributed by atoms with van der Waals surface area (Å²) in [5.41, 5.74) is 6.96. The number of nitrogens with two attached hydrogens (primary N) is 1. The first-order chi connectivity index (χ1) is 22.8. The summed E-state index contributed by atoms with van der Waals surface area (Å²) in [6.07, 6.45) is 0.744. The smallest absolute Gasteiger partial charge is 0.414 e. The molecule has 0 aliphatic carbocycles. The number of ketones is 1. The summed E-state index contributed by atoms with van der Waals surface area (Å²) in [4.78, 5) is 37.6. The van der Waals surface area contributed by atoms with Crippen LogP contribution in [0.2, 0.25) is 0 Å². The number of rotatable bonds is 9. The van der Waals surface area contributed by atoms with Crippen LogP contribution in [0.4, 0.5) is 42.1 Å². The van der Waals surface area contributed by atoms with Gasteiger partial charge in [-0.15, -0.1) is 11.3 Å². The Kier molecular flexibility index (Phi) is 9.97. The van der Waals surface area contributed by atoms with Crippen molar-refractivity contribution >= 4 is 61.9 Å². The average Bonchev–Trinajstić information content (AvgIpc) is 3.43. The molecule has 2 aromatic heterocycles. The van der Waals surface area contributed by atoms with Gasteiger partial charge in [0.15, 0.2) is 23.1 Å². The fourth-order valence-corrected chi connectivity index (χ4v) is 6.62. The van der Waals surface area contributed by atoms with Gasteiger partial charge in [-0.2, -0.15) is 0 Å². The van der Waals surface area contributed by atoms with Crippen molar-refractivity contribution in [1.82, 2.24) is 9.88 Å². The minimum atomic E-state index is -1.20. The molecular formula is C34H40F2N6O5S. The maximum absolute atomic E-state index is 15.5. The summed E-state index contributed by atoms with van der Waals surface area (Å²) in [5.74, 6) is -3.79. The highest BCUT2D eigenvalue weighted by molar-refractivity contribution is 7.21. The summed E-state index contributed by atoms with van der Waals surface area (Å²) in [6, 6.07) is 8.45. The zero-order valence-corrected chi connectivity index (χ0v) is 28.9. The maximum Gasteiger partial charge on any atom is 0.414 e. The molecule has 11 nitrogen and oxygen atoms in total. The Morgan fingerprint density at radius 1 is 1.04 bits per heavy atom. The van der Waals surface area contributed by atoms with Crippen molar-refractivity contribution in [1.29, 1.82) is 0 Å². The summed E-state index contributed by atoms with van der Waals surface area (Å²) < 4.78 is 47.2. The summed E-state index contributed by atoms with van der Waals surface area (Å²) in [5, 5.41) is 3.66. The second-order valence-corrected chi connectivity index (χ2v) is 13.4. The van der Waals surface area contributed by atoms with Crippen molar-refractivity contribution in [2.75, 3.05) is 74.8 Å². The Balaban J connectivity index is 1.56. The summed E-state index contributed by atoms with van der Waals surface area (Å²) in [6.45, 7) is 12.1. The van der Waals surface area contributed by atoms with E-state index < -0.39 is 34.7 Å². The van der Waals surface area contributed by atoms with Crippen molar-refractivity contribution < 1.29 is 32.6 Å². The number of nitrogen functional groups attached to an aromatic ring is 1. The molecule has 2 aromatic carbocycles. The van der Waals surface area contributed by atoms with Crippen LogP contribution in [0.3, 0.4) is 0 Å². The van der Waals surface area contributed by atoms with Crippen LogP contribution < -0.4 is 30.3 Å². The molecule has 0 radical (unpaired) electrons. The van der Waals surface area contributed by atoms with E-state index >= 15 is 8.78 Å². The van der Waals surface area contributed by atoms with E-state index in [1.165, 1.54) is 27.5 Å². The lowest BCUT2D eigenvalue weighted by molar-refractivity contribution is 0.0589. The van der Waals surface area contributed by atoms with Crippen LogP contribution in [0.25, 0.3) is 10.1 Å². The molecule has 1 fully saturated rings. The lowest BCUT2D eigenvalue weighted by Gasteiger charge is -2.35. The number of thiophene rings is 1. The number of hydrogen-bond donors (Lipinski definition) is 2. The Morgan fingerprint density at radius 2 is 1.69 bits per heavy atom. The van der Waals surface area contributed by atoms with Crippen molar-refractivity contribution in [2.24, 2.45) is 0 Å². The minimum Gasteiger partial charge on any atom is -0.494 e. The number of ether oxygens (including phenoxy) is 3. The van der Waals surface area contributed by atoms with Gasteiger partial charge in [0.2, 0.25) is 5.78 Å². The van der Waals surface area contributed by atoms with E-state index in [0.717, 1.165) is 60.7 Å². The molecule has 0 spiro atoms. The maximum atomic E-state index is 15.5. The molecule has 0 saturated carbocycles. The third-order valence-corrected chi connectivity index (χ3v) is 9.17. The highest BCUT2D eigenvalue weighted by Crippen LogP contribution is 2.43. The van der Waals surface area contributed by atoms with Gasteiger partial charge >= 0.3 is 6.09 Å². The molecule has 0 atom stereocenters. The number of nitrogens with one attached hydrogen (secondary N) is 1. The first-order valence-corrected chi connectivity index (χ1v) is 16.3. The second-order valence-electron chi connectivity index (χ2n) is 12.3. The number of likely N-dealkylation sites (N-methyl/N-ethyl adjacent to an activating group) is 1. The third-order valence-electron chi connectivity index (χ3n) is 8.04. The van der Waals surface area contributed by atoms with Gasteiger partial charge < -0.3 is 35.1 Å². The molecular weight excluding hydrogens is 642 g/mol. The number of anilines is 5. The van der Waals surface area contributed by atoms with Gasteiger partial charge in [0.05, 0.1) is 36.0 Å². The predicted octanol–water partition coefficient (Wildman–Crippen LogP) is 6.66. The number of nitrogens with zero attached hydrogens (tertiary/aromatic N) is 4. The lowest BCUT2D eigenvalue weighted by Crippen LogP contribution is -2.46. The number of carbonyl (C=O) groups excluding carboxylic acids is 2. The minimum absolute atomic E-state index is 0.0924. The molecule has 3 heterocycles. The van der Waals surface area contributed by atoms with Crippen molar-refractivity contribution in [3.8, 4) is 11.5 Å². The van der Waals surface area contributed by atoms with Gasteiger partial charge in [-0.05, 0) is 51.6 Å². The van der Waals surface area contributed by atoms with Gasteiger partial charge in [-0.3, -0.25) is 9.69 Å². The Hall–Kier alpha value is -4.69. The molecule has 48 heavy (non-hydrogen) atoms. The zero-order valence-electron chi connectivity index (χ0n) is 28.1. The number of carbonyl (C=O) groups is 2. The zero-order chi connectivity index (χ0) is 34.9. The Morgan fingerprint density at radius 3 is 2.25 bits per heavy atom. The first kappa shape index (κ1) is 34.6. The van der Waals surface area contributed by atoms with E-state index in [2.05, 4.69) is 27.0 Å². The van der Waals surface area contributed by atoms with Gasteiger partial charge in [0, 0.05) is 56.6 Å². The number of amides is 1. The molecule has 4 aromatic rings. The quantitative estimate of drug-likeness (QED) is 0.146. The number of halogens is 2. The van der Waals surface area contributed by atoms with Crippen molar-refractivity contribution in [3.05, 3.63) is 58.6 Å². The summed E-state index contributed by atoms with van der Waals surface area (Å²) >= 11 is 0.935. The Labute approximate surface area is 282 Å². The van der Waals surface area contributed by atoms with E-state index in [4.69, 9.17) is 19.9 Å². The van der Waals surface area contributed by atoms with E-state index in [-0.39, 0.29) is 22.1 Å². The van der Waals surface area contributed by atoms with Crippen LogP contribution in [-0.2, 0) is 4.74 Å². The molecule has 1 aliphatic rings. The van der Waals surface area contributed by atoms with Crippen LogP contribution in [0.1, 0.15) is 42.9 Å². The van der Waals surface area contributed by atoms with E-state index in [9.17, 15) is 9.59 Å². The van der Waals surface area contributed by atoms with Gasteiger partial charge in [0.1, 0.15) is 21.9 Å². The molecule has 0 bridgehead atoms. The third kappa shape index (κ3) is 6.95. The van der Waals surface area contributed by atoms with E-state index in [1.807, 2.05) is 18.2 Å². The van der Waals surface area contributed by atoms with Crippen LogP contribution in [0, 0.1) is 11.6 Å². The fraction of sp³-hybridized carbons (Fsp3) is 0.382. The topological polar surface area (TPSA) is 122 Å². The van der Waals surface area contributed by atoms with Gasteiger partial charge in [-0.25, -0.2) is 18.6 Å². The monoisotopic (exact) mass is 682 g/mol. The van der Waals surface area contributed by atoms with Gasteiger partial charge in [-0.1, -0.05) is 6.92 Å². The number of benzene rings is 2. The molecule has 1 saturated heterocycles. The van der Waals surface area contributed by atoms with Crippen LogP contribution in [0.15, 0.2) is 36.5 Å². The predicted molar refractivity (Wildman–Crippen MR) is 186 cm³/mol. The normalized spacial score (nSPS) is 13.8. The Bertz CT molecular complexity index is 1820. The fourth-order valence-electron chi connectivity index (χ4n) is 5.49. The average molecular weight is 683 g/mol. The molecule has 256 valence electrons. The number of piperazine rings is 1. The van der Waals surface area contributed by atoms with Crippen LogP contribution >= 0.6 is 11.3 Å². The molecule has 1 aliphatic heterocycles. The molecule has 3 N–H and O–H groups in total. The number of aromatic nitrogens is 1. The highest BCUT2D eigenvalue weighted by Gasteiger charge is 2.33. The van der Waals surface area contributed by atoms with Crippen LogP contribution in [0.5, 0.6) is 11.5 Å². The SMILES string of the molecule is CCN1CCN(c2ccc(Nc3cc4c(N(C)C(=O)OC(C)(C)C)c(C(=O)c5c(F)c(OC)cc(OC)c5F)sc4cn3)c(N)c2)CC1. The van der Waals surface area contributed by atoms with Crippen molar-refractivity contribution in [2.45, 2.75) is 33.3 Å². The molecule has 0 unspecified atom stereocenters. The largest absolute Gasteiger partial charge is 0.494 e. The molecule has 5 rings (SSSR count). The number of fused-ring (bicyclic) bond motifs is 1. The standard InChI is InChI=1S/C34H40F2N6O5S/c1-8-41-11-13-42(14-12-41)19-9-10-22(21(37)15-19)39-26-16-20-25(18-38-26)48-32(30(20)40(5)33(44)47-34(2,3)4)31(43)27-28(35)23(45-6)17-24(46-7)29(27)36/h9-10,15-18H,8,11-14,37H2,1-7H3,(H,38,39). The second kappa shape index (κ2) is 13.8. The molecule has 1 amide bonds.